The Balaban J connectivity index is 1.77. The van der Waals surface area contributed by atoms with Crippen LogP contribution in [0.5, 0.6) is 5.75 Å². The van der Waals surface area contributed by atoms with Crippen molar-refractivity contribution >= 4 is 40.5 Å². The molecule has 0 radical (unpaired) electrons. The summed E-state index contributed by atoms with van der Waals surface area (Å²) in [5, 5.41) is 2.99. The first-order valence-corrected chi connectivity index (χ1v) is 9.89. The van der Waals surface area contributed by atoms with Crippen LogP contribution in [-0.4, -0.2) is 41.0 Å². The quantitative estimate of drug-likeness (QED) is 0.514. The van der Waals surface area contributed by atoms with Crippen molar-refractivity contribution in [3.05, 3.63) is 67.0 Å². The number of rotatable bonds is 8. The lowest BCUT2D eigenvalue weighted by Crippen LogP contribution is -2.37. The molecule has 1 aliphatic rings. The molecule has 0 aliphatic carbocycles. The molecule has 3 rings (SSSR count). The fourth-order valence-corrected chi connectivity index (χ4v) is 3.59. The third-order valence-corrected chi connectivity index (χ3v) is 4.97. The van der Waals surface area contributed by atoms with Gasteiger partial charge < -0.3 is 15.0 Å². The van der Waals surface area contributed by atoms with Crippen molar-refractivity contribution in [2.75, 3.05) is 23.4 Å². The molecule has 2 aromatic rings. The smallest absolute Gasteiger partial charge is 0.256 e. The minimum Gasteiger partial charge on any atom is -0.494 e. The summed E-state index contributed by atoms with van der Waals surface area (Å²) in [5.74, 6) is -0.366. The van der Waals surface area contributed by atoms with Crippen molar-refractivity contribution in [2.24, 2.45) is 0 Å². The lowest BCUT2D eigenvalue weighted by Gasteiger charge is -2.22. The van der Waals surface area contributed by atoms with Crippen molar-refractivity contribution < 1.29 is 18.7 Å². The molecular formula is C22H22FN3O3S. The molecule has 1 N–H and O–H groups in total. The van der Waals surface area contributed by atoms with E-state index in [-0.39, 0.29) is 18.2 Å². The highest BCUT2D eigenvalue weighted by molar-refractivity contribution is 7.80. The first kappa shape index (κ1) is 21.4. The molecule has 0 spiro atoms. The summed E-state index contributed by atoms with van der Waals surface area (Å²) in [7, 11) is 0. The van der Waals surface area contributed by atoms with Gasteiger partial charge in [0.2, 0.25) is 5.91 Å². The van der Waals surface area contributed by atoms with Crippen LogP contribution in [0.15, 0.2) is 61.2 Å². The number of benzene rings is 2. The maximum atomic E-state index is 13.1. The van der Waals surface area contributed by atoms with Crippen molar-refractivity contribution in [3.63, 3.8) is 0 Å². The number of ether oxygens (including phenoxy) is 1. The number of nitrogens with one attached hydrogen (secondary N) is 1. The summed E-state index contributed by atoms with van der Waals surface area (Å²) >= 11 is 5.52. The molecule has 156 valence electrons. The predicted octanol–water partition coefficient (Wildman–Crippen LogP) is 3.74. The third-order valence-electron chi connectivity index (χ3n) is 4.56. The Kier molecular flexibility index (Phi) is 6.79. The van der Waals surface area contributed by atoms with E-state index in [0.717, 1.165) is 0 Å². The summed E-state index contributed by atoms with van der Waals surface area (Å²) in [4.78, 5) is 28.8. The van der Waals surface area contributed by atoms with E-state index in [1.807, 2.05) is 6.92 Å². The third kappa shape index (κ3) is 4.65. The van der Waals surface area contributed by atoms with E-state index in [0.29, 0.717) is 35.4 Å². The van der Waals surface area contributed by atoms with E-state index in [9.17, 15) is 14.0 Å². The van der Waals surface area contributed by atoms with E-state index in [1.165, 1.54) is 29.2 Å². The Hall–Kier alpha value is -3.26. The standard InChI is InChI=1S/C22H22FN3O3S/c1-3-13-25-19(14-20(27)24-16-7-5-15(23)6-8-16)21(28)26(22(25)30)17-9-11-18(12-10-17)29-4-2/h3,5-12,19H,1,4,13-14H2,2H3,(H,24,27)/t19-/m1/s1. The van der Waals surface area contributed by atoms with Gasteiger partial charge >= 0.3 is 0 Å². The summed E-state index contributed by atoms with van der Waals surface area (Å²) in [5.41, 5.74) is 1.05. The van der Waals surface area contributed by atoms with Gasteiger partial charge in [-0.2, -0.15) is 0 Å². The molecule has 2 amide bonds. The van der Waals surface area contributed by atoms with Gasteiger partial charge in [0.1, 0.15) is 17.6 Å². The first-order chi connectivity index (χ1) is 14.4. The van der Waals surface area contributed by atoms with Crippen molar-refractivity contribution in [2.45, 2.75) is 19.4 Å². The molecule has 8 heteroatoms. The molecule has 1 aliphatic heterocycles. The van der Waals surface area contributed by atoms with Gasteiger partial charge in [-0.25, -0.2) is 4.39 Å². The van der Waals surface area contributed by atoms with E-state index < -0.39 is 11.9 Å². The number of amides is 2. The van der Waals surface area contributed by atoms with Gasteiger partial charge in [0, 0.05) is 12.2 Å². The van der Waals surface area contributed by atoms with E-state index in [4.69, 9.17) is 17.0 Å². The molecule has 0 aromatic heterocycles. The van der Waals surface area contributed by atoms with Crippen LogP contribution in [0.3, 0.4) is 0 Å². The fraction of sp³-hybridized carbons (Fsp3) is 0.227. The molecule has 6 nitrogen and oxygen atoms in total. The highest BCUT2D eigenvalue weighted by Crippen LogP contribution is 2.29. The molecule has 2 aromatic carbocycles. The molecule has 0 bridgehead atoms. The zero-order valence-electron chi connectivity index (χ0n) is 16.5. The summed E-state index contributed by atoms with van der Waals surface area (Å²) in [6.07, 6.45) is 1.53. The van der Waals surface area contributed by atoms with E-state index >= 15 is 0 Å². The topological polar surface area (TPSA) is 61.9 Å². The Morgan fingerprint density at radius 1 is 1.23 bits per heavy atom. The van der Waals surface area contributed by atoms with Gasteiger partial charge in [-0.1, -0.05) is 6.08 Å². The van der Waals surface area contributed by atoms with Crippen LogP contribution in [0.25, 0.3) is 0 Å². The van der Waals surface area contributed by atoms with Gasteiger partial charge in [0.25, 0.3) is 5.91 Å². The number of carbonyl (C=O) groups excluding carboxylic acids is 2. The number of anilines is 2. The Morgan fingerprint density at radius 3 is 2.50 bits per heavy atom. The monoisotopic (exact) mass is 427 g/mol. The second-order valence-electron chi connectivity index (χ2n) is 6.60. The maximum absolute atomic E-state index is 13.1. The summed E-state index contributed by atoms with van der Waals surface area (Å²) < 4.78 is 18.5. The maximum Gasteiger partial charge on any atom is 0.256 e. The fourth-order valence-electron chi connectivity index (χ4n) is 3.20. The summed E-state index contributed by atoms with van der Waals surface area (Å²) in [6, 6.07) is 11.7. The molecule has 1 fully saturated rings. The number of hydrogen-bond donors (Lipinski definition) is 1. The van der Waals surface area contributed by atoms with Gasteiger partial charge in [0.15, 0.2) is 5.11 Å². The number of thiocarbonyl (C=S) groups is 1. The molecular weight excluding hydrogens is 405 g/mol. The Morgan fingerprint density at radius 2 is 1.90 bits per heavy atom. The van der Waals surface area contributed by atoms with Crippen molar-refractivity contribution in [1.29, 1.82) is 0 Å². The van der Waals surface area contributed by atoms with Gasteiger partial charge in [-0.05, 0) is 67.7 Å². The minimum atomic E-state index is -0.762. The van der Waals surface area contributed by atoms with Crippen molar-refractivity contribution in [3.8, 4) is 5.75 Å². The summed E-state index contributed by atoms with van der Waals surface area (Å²) in [6.45, 7) is 6.48. The molecule has 1 heterocycles. The number of nitrogens with zero attached hydrogens (tertiary/aromatic N) is 2. The lowest BCUT2D eigenvalue weighted by molar-refractivity contribution is -0.124. The highest BCUT2D eigenvalue weighted by atomic mass is 32.1. The van der Waals surface area contributed by atoms with E-state index in [1.54, 1.807) is 35.2 Å². The zero-order valence-corrected chi connectivity index (χ0v) is 17.3. The van der Waals surface area contributed by atoms with Crippen LogP contribution in [0.2, 0.25) is 0 Å². The lowest BCUT2D eigenvalue weighted by atomic mass is 10.1. The number of hydrogen-bond acceptors (Lipinski definition) is 4. The number of halogens is 1. The highest BCUT2D eigenvalue weighted by Gasteiger charge is 2.43. The average molecular weight is 428 g/mol. The van der Waals surface area contributed by atoms with Crippen LogP contribution >= 0.6 is 12.2 Å². The SMILES string of the molecule is C=CCN1C(=S)N(c2ccc(OCC)cc2)C(=O)[C@H]1CC(=O)Nc1ccc(F)cc1. The molecule has 1 saturated heterocycles. The van der Waals surface area contributed by atoms with Gasteiger partial charge in [0.05, 0.1) is 18.7 Å². The second kappa shape index (κ2) is 9.49. The Bertz CT molecular complexity index is 947. The van der Waals surface area contributed by atoms with Crippen LogP contribution in [0, 0.1) is 5.82 Å². The second-order valence-corrected chi connectivity index (χ2v) is 6.96. The Labute approximate surface area is 179 Å². The normalized spacial score (nSPS) is 16.0. The molecule has 0 unspecified atom stereocenters. The van der Waals surface area contributed by atoms with Crippen LogP contribution in [0.1, 0.15) is 13.3 Å². The predicted molar refractivity (Wildman–Crippen MR) is 118 cm³/mol. The molecule has 30 heavy (non-hydrogen) atoms. The average Bonchev–Trinajstić information content (AvgIpc) is 2.95. The van der Waals surface area contributed by atoms with Crippen LogP contribution in [0.4, 0.5) is 15.8 Å². The molecule has 0 saturated carbocycles. The minimum absolute atomic E-state index is 0.0995. The van der Waals surface area contributed by atoms with Crippen LogP contribution < -0.4 is 15.0 Å². The number of carbonyl (C=O) groups is 2. The van der Waals surface area contributed by atoms with Gasteiger partial charge in [-0.3, -0.25) is 14.5 Å². The van der Waals surface area contributed by atoms with Crippen molar-refractivity contribution in [1.82, 2.24) is 4.90 Å². The largest absolute Gasteiger partial charge is 0.494 e. The zero-order chi connectivity index (χ0) is 21.7. The molecule has 1 atom stereocenters. The van der Waals surface area contributed by atoms with E-state index in [2.05, 4.69) is 11.9 Å². The van der Waals surface area contributed by atoms with Gasteiger partial charge in [-0.15, -0.1) is 6.58 Å². The first-order valence-electron chi connectivity index (χ1n) is 9.48. The van der Waals surface area contributed by atoms with Crippen LogP contribution in [-0.2, 0) is 9.59 Å².